The molecule has 0 aromatic heterocycles. The number of hydrogen-bond acceptors (Lipinski definition) is 3. The second-order valence-corrected chi connectivity index (χ2v) is 5.43. The maximum absolute atomic E-state index is 11.5. The fourth-order valence-electron chi connectivity index (χ4n) is 1.50. The number of hydrogen-bond donors (Lipinski definition) is 2. The van der Waals surface area contributed by atoms with Crippen LogP contribution < -0.4 is 10.0 Å². The molecular formula is C9H18N2O2S. The lowest BCUT2D eigenvalue weighted by atomic mass is 10.1. The van der Waals surface area contributed by atoms with E-state index in [0.29, 0.717) is 6.42 Å². The van der Waals surface area contributed by atoms with E-state index in [0.717, 1.165) is 25.9 Å². The number of sulfonamides is 1. The molecule has 0 aromatic rings. The van der Waals surface area contributed by atoms with Crippen molar-refractivity contribution in [1.82, 2.24) is 10.0 Å². The molecule has 1 aliphatic heterocycles. The highest BCUT2D eigenvalue weighted by molar-refractivity contribution is 7.89. The monoisotopic (exact) mass is 218 g/mol. The topological polar surface area (TPSA) is 58.2 Å². The van der Waals surface area contributed by atoms with Gasteiger partial charge in [0.1, 0.15) is 0 Å². The van der Waals surface area contributed by atoms with E-state index in [2.05, 4.69) is 16.6 Å². The first-order valence-electron chi connectivity index (χ1n) is 4.95. The Kier molecular flexibility index (Phi) is 4.57. The summed E-state index contributed by atoms with van der Waals surface area (Å²) in [4.78, 5) is 0. The molecule has 1 heterocycles. The van der Waals surface area contributed by atoms with Crippen LogP contribution in [0.1, 0.15) is 19.3 Å². The minimum atomic E-state index is -3.10. The van der Waals surface area contributed by atoms with E-state index in [1.807, 2.05) is 0 Å². The third kappa shape index (κ3) is 4.21. The summed E-state index contributed by atoms with van der Waals surface area (Å²) in [5.74, 6) is 0.146. The van der Waals surface area contributed by atoms with Crippen molar-refractivity contribution in [2.45, 2.75) is 25.3 Å². The number of nitrogens with one attached hydrogen (secondary N) is 2. The Bertz CT molecular complexity index is 269. The fourth-order valence-corrected chi connectivity index (χ4v) is 2.81. The van der Waals surface area contributed by atoms with Crippen molar-refractivity contribution in [1.29, 1.82) is 0 Å². The highest BCUT2D eigenvalue weighted by Gasteiger charge is 2.18. The molecule has 1 unspecified atom stereocenters. The van der Waals surface area contributed by atoms with E-state index in [-0.39, 0.29) is 11.8 Å². The minimum absolute atomic E-state index is 0.0681. The lowest BCUT2D eigenvalue weighted by molar-refractivity contribution is 0.428. The van der Waals surface area contributed by atoms with Gasteiger partial charge in [-0.2, -0.15) is 0 Å². The summed E-state index contributed by atoms with van der Waals surface area (Å²) in [6, 6.07) is 0.0681. The molecule has 2 N–H and O–H groups in total. The fraction of sp³-hybridized carbons (Fsp3) is 0.778. The average Bonchev–Trinajstić information content (AvgIpc) is 2.16. The van der Waals surface area contributed by atoms with Gasteiger partial charge >= 0.3 is 0 Å². The molecule has 0 radical (unpaired) electrons. The lowest BCUT2D eigenvalue weighted by Gasteiger charge is -2.23. The van der Waals surface area contributed by atoms with Gasteiger partial charge in [0.25, 0.3) is 0 Å². The molecule has 1 rings (SSSR count). The van der Waals surface area contributed by atoms with Gasteiger partial charge in [-0.05, 0) is 25.8 Å². The van der Waals surface area contributed by atoms with Crippen molar-refractivity contribution in [2.75, 3.05) is 18.8 Å². The maximum Gasteiger partial charge on any atom is 0.212 e. The smallest absolute Gasteiger partial charge is 0.212 e. The highest BCUT2D eigenvalue weighted by atomic mass is 32.2. The second kappa shape index (κ2) is 5.48. The van der Waals surface area contributed by atoms with Gasteiger partial charge < -0.3 is 5.32 Å². The van der Waals surface area contributed by atoms with Crippen LogP contribution in [-0.2, 0) is 10.0 Å². The van der Waals surface area contributed by atoms with Crippen LogP contribution in [0.2, 0.25) is 0 Å². The quantitative estimate of drug-likeness (QED) is 0.650. The highest BCUT2D eigenvalue weighted by Crippen LogP contribution is 2.03. The average molecular weight is 218 g/mol. The number of allylic oxidation sites excluding steroid dienone is 1. The molecule has 0 spiro atoms. The molecule has 4 nitrogen and oxygen atoms in total. The summed E-state index contributed by atoms with van der Waals surface area (Å²) in [7, 11) is -3.10. The van der Waals surface area contributed by atoms with Gasteiger partial charge in [0, 0.05) is 12.6 Å². The Morgan fingerprint density at radius 3 is 2.93 bits per heavy atom. The van der Waals surface area contributed by atoms with Crippen LogP contribution in [0.15, 0.2) is 12.7 Å². The van der Waals surface area contributed by atoms with Gasteiger partial charge in [0.2, 0.25) is 10.0 Å². The van der Waals surface area contributed by atoms with Crippen LogP contribution in [0, 0.1) is 0 Å². The van der Waals surface area contributed by atoms with Crippen LogP contribution >= 0.6 is 0 Å². The Labute approximate surface area is 85.8 Å². The van der Waals surface area contributed by atoms with Gasteiger partial charge in [0.05, 0.1) is 5.75 Å². The molecule has 14 heavy (non-hydrogen) atoms. The van der Waals surface area contributed by atoms with Crippen LogP contribution in [0.5, 0.6) is 0 Å². The van der Waals surface area contributed by atoms with Crippen molar-refractivity contribution < 1.29 is 8.42 Å². The van der Waals surface area contributed by atoms with E-state index in [1.165, 1.54) is 0 Å². The van der Waals surface area contributed by atoms with E-state index in [1.54, 1.807) is 6.08 Å². The van der Waals surface area contributed by atoms with Crippen LogP contribution in [-0.4, -0.2) is 33.3 Å². The zero-order valence-electron chi connectivity index (χ0n) is 8.33. The molecular weight excluding hydrogens is 200 g/mol. The molecule has 1 fully saturated rings. The Morgan fingerprint density at radius 2 is 2.36 bits per heavy atom. The first-order valence-corrected chi connectivity index (χ1v) is 6.61. The molecule has 1 atom stereocenters. The Morgan fingerprint density at radius 1 is 1.57 bits per heavy atom. The largest absolute Gasteiger partial charge is 0.315 e. The standard InChI is InChI=1S/C9H18N2O2S/c1-2-3-7-14(12,13)11-9-5-4-6-10-8-9/h2,9-11H,1,3-8H2. The summed E-state index contributed by atoms with van der Waals surface area (Å²) >= 11 is 0. The summed E-state index contributed by atoms with van der Waals surface area (Å²) < 4.78 is 25.6. The van der Waals surface area contributed by atoms with Gasteiger partial charge in [-0.1, -0.05) is 6.08 Å². The Balaban J connectivity index is 2.36. The first kappa shape index (κ1) is 11.7. The van der Waals surface area contributed by atoms with E-state index in [9.17, 15) is 8.42 Å². The van der Waals surface area contributed by atoms with E-state index in [4.69, 9.17) is 0 Å². The molecule has 82 valence electrons. The summed E-state index contributed by atoms with van der Waals surface area (Å²) in [5, 5.41) is 3.17. The molecule has 0 aliphatic carbocycles. The third-order valence-corrected chi connectivity index (χ3v) is 3.70. The predicted molar refractivity (Wildman–Crippen MR) is 57.6 cm³/mol. The summed E-state index contributed by atoms with van der Waals surface area (Å²) in [6.07, 6.45) is 4.10. The minimum Gasteiger partial charge on any atom is -0.315 e. The molecule has 1 aliphatic rings. The SMILES string of the molecule is C=CCCS(=O)(=O)NC1CCCNC1. The van der Waals surface area contributed by atoms with Gasteiger partial charge in [-0.15, -0.1) is 6.58 Å². The van der Waals surface area contributed by atoms with Crippen molar-refractivity contribution in [2.24, 2.45) is 0 Å². The second-order valence-electron chi connectivity index (χ2n) is 3.56. The lowest BCUT2D eigenvalue weighted by Crippen LogP contribution is -2.46. The summed E-state index contributed by atoms with van der Waals surface area (Å²) in [5.41, 5.74) is 0. The summed E-state index contributed by atoms with van der Waals surface area (Å²) in [6.45, 7) is 5.24. The molecule has 5 heteroatoms. The zero-order chi connectivity index (χ0) is 10.4. The number of piperidine rings is 1. The van der Waals surface area contributed by atoms with Crippen molar-refractivity contribution in [3.8, 4) is 0 Å². The first-order chi connectivity index (χ1) is 6.64. The molecule has 0 saturated carbocycles. The van der Waals surface area contributed by atoms with Crippen LogP contribution in [0.4, 0.5) is 0 Å². The van der Waals surface area contributed by atoms with Crippen molar-refractivity contribution in [3.63, 3.8) is 0 Å². The van der Waals surface area contributed by atoms with Crippen LogP contribution in [0.3, 0.4) is 0 Å². The molecule has 0 bridgehead atoms. The predicted octanol–water partition coefficient (Wildman–Crippen LogP) is 0.234. The normalized spacial score (nSPS) is 23.3. The zero-order valence-corrected chi connectivity index (χ0v) is 9.15. The van der Waals surface area contributed by atoms with Gasteiger partial charge in [-0.25, -0.2) is 13.1 Å². The Hall–Kier alpha value is -0.390. The van der Waals surface area contributed by atoms with E-state index < -0.39 is 10.0 Å². The molecule has 1 saturated heterocycles. The molecule has 0 amide bonds. The van der Waals surface area contributed by atoms with Crippen LogP contribution in [0.25, 0.3) is 0 Å². The maximum atomic E-state index is 11.5. The van der Waals surface area contributed by atoms with Gasteiger partial charge in [-0.3, -0.25) is 0 Å². The van der Waals surface area contributed by atoms with Crippen molar-refractivity contribution in [3.05, 3.63) is 12.7 Å². The van der Waals surface area contributed by atoms with Gasteiger partial charge in [0.15, 0.2) is 0 Å². The molecule has 0 aromatic carbocycles. The third-order valence-electron chi connectivity index (χ3n) is 2.23. The van der Waals surface area contributed by atoms with Crippen molar-refractivity contribution >= 4 is 10.0 Å². The number of rotatable bonds is 5. The van der Waals surface area contributed by atoms with E-state index >= 15 is 0 Å².